The summed E-state index contributed by atoms with van der Waals surface area (Å²) >= 11 is 0. The van der Waals surface area contributed by atoms with E-state index in [1.165, 1.54) is 18.3 Å². The first-order chi connectivity index (χ1) is 19.6. The number of furan rings is 1. The summed E-state index contributed by atoms with van der Waals surface area (Å²) in [5.74, 6) is -0.116. The first-order valence-corrected chi connectivity index (χ1v) is 14.4. The van der Waals surface area contributed by atoms with Crippen molar-refractivity contribution in [2.75, 3.05) is 17.5 Å². The average Bonchev–Trinajstić information content (AvgIpc) is 3.41. The van der Waals surface area contributed by atoms with E-state index in [2.05, 4.69) is 10.5 Å². The van der Waals surface area contributed by atoms with Crippen LogP contribution in [0.4, 0.5) is 5.69 Å². The lowest BCUT2D eigenvalue weighted by atomic mass is 10.1. The number of aryl methyl sites for hydroxylation is 3. The molecule has 9 nitrogen and oxygen atoms in total. The molecule has 0 unspecified atom stereocenters. The summed E-state index contributed by atoms with van der Waals surface area (Å²) in [4.78, 5) is 24.8. The molecule has 3 aromatic carbocycles. The largest absolute Gasteiger partial charge is 0.462 e. The van der Waals surface area contributed by atoms with Crippen molar-refractivity contribution in [2.24, 2.45) is 5.10 Å². The van der Waals surface area contributed by atoms with Gasteiger partial charge in [0.25, 0.3) is 15.9 Å². The van der Waals surface area contributed by atoms with Gasteiger partial charge in [0.2, 0.25) is 0 Å². The number of hydrogen-bond acceptors (Lipinski definition) is 7. The van der Waals surface area contributed by atoms with Crippen LogP contribution in [-0.2, 0) is 19.6 Å². The van der Waals surface area contributed by atoms with Gasteiger partial charge in [0.05, 0.1) is 29.0 Å². The predicted molar refractivity (Wildman–Crippen MR) is 157 cm³/mol. The van der Waals surface area contributed by atoms with E-state index in [1.807, 2.05) is 19.9 Å². The highest BCUT2D eigenvalue weighted by molar-refractivity contribution is 7.92. The highest BCUT2D eigenvalue weighted by Crippen LogP contribution is 2.28. The summed E-state index contributed by atoms with van der Waals surface area (Å²) in [6.45, 7) is 7.14. The number of rotatable bonds is 10. The third-order valence-electron chi connectivity index (χ3n) is 6.21. The van der Waals surface area contributed by atoms with Gasteiger partial charge in [0, 0.05) is 5.56 Å². The molecule has 212 valence electrons. The fourth-order valence-electron chi connectivity index (χ4n) is 4.12. The van der Waals surface area contributed by atoms with Crippen molar-refractivity contribution >= 4 is 33.8 Å². The minimum absolute atomic E-state index is 0.0813. The molecule has 41 heavy (non-hydrogen) atoms. The monoisotopic (exact) mass is 573 g/mol. The molecule has 0 radical (unpaired) electrons. The van der Waals surface area contributed by atoms with E-state index in [0.717, 1.165) is 26.6 Å². The van der Waals surface area contributed by atoms with Gasteiger partial charge in [-0.15, -0.1) is 0 Å². The second-order valence-corrected chi connectivity index (χ2v) is 11.3. The Hall–Kier alpha value is -4.70. The van der Waals surface area contributed by atoms with E-state index >= 15 is 0 Å². The normalized spacial score (nSPS) is 11.4. The zero-order chi connectivity index (χ0) is 29.6. The molecule has 0 aliphatic heterocycles. The summed E-state index contributed by atoms with van der Waals surface area (Å²) in [5, 5.41) is 3.96. The van der Waals surface area contributed by atoms with Crippen molar-refractivity contribution in [3.05, 3.63) is 107 Å². The van der Waals surface area contributed by atoms with E-state index in [-0.39, 0.29) is 4.90 Å². The van der Waals surface area contributed by atoms with Gasteiger partial charge in [-0.05, 0) is 75.7 Å². The molecule has 0 aliphatic rings. The van der Waals surface area contributed by atoms with Gasteiger partial charge in [-0.25, -0.2) is 18.6 Å². The van der Waals surface area contributed by atoms with E-state index in [0.29, 0.717) is 29.4 Å². The van der Waals surface area contributed by atoms with Crippen LogP contribution in [-0.4, -0.2) is 39.7 Å². The Bertz CT molecular complexity index is 1670. The van der Waals surface area contributed by atoms with Crippen LogP contribution in [0.1, 0.15) is 39.7 Å². The molecular weight excluding hydrogens is 542 g/mol. The van der Waals surface area contributed by atoms with Crippen LogP contribution >= 0.6 is 0 Å². The molecule has 1 heterocycles. The van der Waals surface area contributed by atoms with Gasteiger partial charge in [-0.1, -0.05) is 47.5 Å². The minimum Gasteiger partial charge on any atom is -0.462 e. The Balaban J connectivity index is 1.48. The Kier molecular flexibility index (Phi) is 9.04. The Morgan fingerprint density at radius 3 is 2.27 bits per heavy atom. The Labute approximate surface area is 239 Å². The maximum Gasteiger partial charge on any atom is 0.338 e. The van der Waals surface area contributed by atoms with Crippen LogP contribution in [0.15, 0.2) is 93.3 Å². The fourth-order valence-corrected chi connectivity index (χ4v) is 5.60. The van der Waals surface area contributed by atoms with E-state index in [1.54, 1.807) is 74.5 Å². The average molecular weight is 574 g/mol. The second-order valence-electron chi connectivity index (χ2n) is 9.41. The van der Waals surface area contributed by atoms with Crippen LogP contribution in [0.2, 0.25) is 0 Å². The number of carbonyl (C=O) groups excluding carboxylic acids is 2. The molecule has 0 spiro atoms. The van der Waals surface area contributed by atoms with Gasteiger partial charge in [0.1, 0.15) is 18.1 Å². The van der Waals surface area contributed by atoms with Crippen LogP contribution in [0.25, 0.3) is 11.3 Å². The topological polar surface area (TPSA) is 118 Å². The highest BCUT2D eigenvalue weighted by Gasteiger charge is 2.28. The predicted octanol–water partition coefficient (Wildman–Crippen LogP) is 5.39. The van der Waals surface area contributed by atoms with Crippen molar-refractivity contribution in [3.63, 3.8) is 0 Å². The smallest absolute Gasteiger partial charge is 0.338 e. The lowest BCUT2D eigenvalue weighted by molar-refractivity contribution is -0.119. The molecule has 10 heteroatoms. The van der Waals surface area contributed by atoms with Crippen molar-refractivity contribution in [1.29, 1.82) is 0 Å². The number of nitrogens with zero attached hydrogens (tertiary/aromatic N) is 2. The van der Waals surface area contributed by atoms with Crippen molar-refractivity contribution < 1.29 is 27.2 Å². The Morgan fingerprint density at radius 2 is 1.61 bits per heavy atom. The fraction of sp³-hybridized carbons (Fsp3) is 0.194. The third-order valence-corrected chi connectivity index (χ3v) is 7.98. The van der Waals surface area contributed by atoms with Crippen molar-refractivity contribution in [1.82, 2.24) is 5.43 Å². The molecule has 0 fully saturated rings. The zero-order valence-corrected chi connectivity index (χ0v) is 24.1. The number of esters is 1. The molecular formula is C31H31N3O6S. The first-order valence-electron chi connectivity index (χ1n) is 12.9. The molecule has 1 N–H and O–H groups in total. The van der Waals surface area contributed by atoms with E-state index in [4.69, 9.17) is 9.15 Å². The van der Waals surface area contributed by atoms with Gasteiger partial charge < -0.3 is 9.15 Å². The molecule has 0 saturated heterocycles. The molecule has 1 aromatic heterocycles. The minimum atomic E-state index is -4.04. The summed E-state index contributed by atoms with van der Waals surface area (Å²) in [7, 11) is -4.04. The van der Waals surface area contributed by atoms with Crippen LogP contribution < -0.4 is 9.73 Å². The lowest BCUT2D eigenvalue weighted by Gasteiger charge is -2.25. The second kappa shape index (κ2) is 12.6. The SMILES string of the molecule is CCOC(=O)c1ccc(-c2ccc(/C=N\NC(=O)CN(c3ccc(C)cc3C)S(=O)(=O)c3ccc(C)cc3)o2)cc1. The number of nitrogens with one attached hydrogen (secondary N) is 1. The molecule has 4 aromatic rings. The molecule has 0 bridgehead atoms. The maximum atomic E-state index is 13.6. The van der Waals surface area contributed by atoms with Gasteiger partial charge in [-0.3, -0.25) is 9.10 Å². The maximum absolute atomic E-state index is 13.6. The quantitative estimate of drug-likeness (QED) is 0.154. The van der Waals surface area contributed by atoms with Crippen LogP contribution in [0.3, 0.4) is 0 Å². The third kappa shape index (κ3) is 7.09. The van der Waals surface area contributed by atoms with Crippen molar-refractivity contribution in [2.45, 2.75) is 32.6 Å². The first kappa shape index (κ1) is 29.3. The number of hydrazone groups is 1. The number of carbonyl (C=O) groups is 2. The number of anilines is 1. The highest BCUT2D eigenvalue weighted by atomic mass is 32.2. The number of hydrogen-bond donors (Lipinski definition) is 1. The van der Waals surface area contributed by atoms with Gasteiger partial charge >= 0.3 is 5.97 Å². The number of ether oxygens (including phenoxy) is 1. The van der Waals surface area contributed by atoms with E-state index < -0.39 is 28.4 Å². The number of sulfonamides is 1. The zero-order valence-electron chi connectivity index (χ0n) is 23.2. The number of benzene rings is 3. The van der Waals surface area contributed by atoms with Crippen molar-refractivity contribution in [3.8, 4) is 11.3 Å². The summed E-state index contributed by atoms with van der Waals surface area (Å²) in [6.07, 6.45) is 1.32. The van der Waals surface area contributed by atoms with Gasteiger partial charge in [0.15, 0.2) is 0 Å². The summed E-state index contributed by atoms with van der Waals surface area (Å²) in [6, 6.07) is 22.0. The molecule has 0 aliphatic carbocycles. The standard InChI is InChI=1S/C31H31N3O6S/c1-5-39-31(36)25-11-9-24(10-12-25)29-17-13-26(40-29)19-32-33-30(35)20-34(28-16-8-22(3)18-23(28)4)41(37,38)27-14-6-21(2)7-15-27/h6-19H,5,20H2,1-4H3,(H,33,35)/b32-19-. The van der Waals surface area contributed by atoms with E-state index in [9.17, 15) is 18.0 Å². The van der Waals surface area contributed by atoms with Crippen LogP contribution in [0, 0.1) is 20.8 Å². The molecule has 0 saturated carbocycles. The number of amides is 1. The lowest BCUT2D eigenvalue weighted by Crippen LogP contribution is -2.40. The Morgan fingerprint density at radius 1 is 0.927 bits per heavy atom. The van der Waals surface area contributed by atoms with Crippen LogP contribution in [0.5, 0.6) is 0 Å². The van der Waals surface area contributed by atoms with Gasteiger partial charge in [-0.2, -0.15) is 5.10 Å². The summed E-state index contributed by atoms with van der Waals surface area (Å²) in [5.41, 5.74) is 6.58. The summed E-state index contributed by atoms with van der Waals surface area (Å²) < 4.78 is 39.1. The molecule has 4 rings (SSSR count). The molecule has 1 amide bonds. The molecule has 0 atom stereocenters.